The highest BCUT2D eigenvalue weighted by Gasteiger charge is 2.43. The number of nitrogens with one attached hydrogen (secondary N) is 1. The van der Waals surface area contributed by atoms with Gasteiger partial charge in [-0.05, 0) is 36.2 Å². The molecule has 160 valence electrons. The second kappa shape index (κ2) is 10.8. The normalized spacial score (nSPS) is 18.4. The van der Waals surface area contributed by atoms with E-state index in [0.717, 1.165) is 25.7 Å². The Bertz CT molecular complexity index is 895. The van der Waals surface area contributed by atoms with Gasteiger partial charge in [0, 0.05) is 12.3 Å². The summed E-state index contributed by atoms with van der Waals surface area (Å²) in [6, 6.07) is 12.3. The molecule has 2 atom stereocenters. The van der Waals surface area contributed by atoms with E-state index in [4.69, 9.17) is 11.6 Å². The molecule has 1 fully saturated rings. The van der Waals surface area contributed by atoms with Crippen LogP contribution in [0.2, 0.25) is 5.02 Å². The van der Waals surface area contributed by atoms with Gasteiger partial charge in [0.2, 0.25) is 5.91 Å². The van der Waals surface area contributed by atoms with Crippen molar-refractivity contribution in [3.8, 4) is 0 Å². The Morgan fingerprint density at radius 1 is 1.17 bits per heavy atom. The predicted octanol–water partition coefficient (Wildman–Crippen LogP) is 5.43. The van der Waals surface area contributed by atoms with Gasteiger partial charge < -0.3 is 10.2 Å². The Balaban J connectivity index is 1.84. The zero-order valence-electron chi connectivity index (χ0n) is 16.9. The van der Waals surface area contributed by atoms with E-state index >= 15 is 0 Å². The molecule has 2 aromatic carbocycles. The standard InChI is InChI=1S/C23H26ClFN2O2S/c1-2-3-4-7-13-26-21(28)20-15-30-23(16-9-8-10-17(25)14-16)27(20)22(29)18-11-5-6-12-19(18)24/h5-6,8-12,14,20,23H,2-4,7,13,15H2,1H3,(H,26,28). The number of hydrogen-bond donors (Lipinski definition) is 1. The number of carbonyl (C=O) groups excluding carboxylic acids is 2. The molecule has 0 bridgehead atoms. The molecule has 0 radical (unpaired) electrons. The first kappa shape index (κ1) is 22.6. The van der Waals surface area contributed by atoms with Gasteiger partial charge in [-0.3, -0.25) is 9.59 Å². The molecule has 1 aliphatic rings. The monoisotopic (exact) mass is 448 g/mol. The highest BCUT2D eigenvalue weighted by Crippen LogP contribution is 2.42. The van der Waals surface area contributed by atoms with Crippen LogP contribution in [0, 0.1) is 5.82 Å². The molecule has 0 aliphatic carbocycles. The van der Waals surface area contributed by atoms with Crippen molar-refractivity contribution in [2.45, 2.75) is 44.0 Å². The first-order valence-corrected chi connectivity index (χ1v) is 11.7. The van der Waals surface area contributed by atoms with Crippen LogP contribution in [0.15, 0.2) is 48.5 Å². The number of halogens is 2. The summed E-state index contributed by atoms with van der Waals surface area (Å²) in [6.07, 6.45) is 4.23. The summed E-state index contributed by atoms with van der Waals surface area (Å²) in [4.78, 5) is 27.9. The molecule has 1 heterocycles. The van der Waals surface area contributed by atoms with Gasteiger partial charge in [0.05, 0.1) is 10.6 Å². The van der Waals surface area contributed by atoms with Crippen molar-refractivity contribution in [2.24, 2.45) is 0 Å². The molecule has 0 saturated carbocycles. The first-order chi connectivity index (χ1) is 14.5. The average Bonchev–Trinajstić information content (AvgIpc) is 3.18. The molecule has 2 unspecified atom stereocenters. The molecular weight excluding hydrogens is 423 g/mol. The van der Waals surface area contributed by atoms with E-state index in [2.05, 4.69) is 12.2 Å². The molecule has 2 amide bonds. The molecule has 4 nitrogen and oxygen atoms in total. The highest BCUT2D eigenvalue weighted by atomic mass is 35.5. The Labute approximate surface area is 186 Å². The number of nitrogens with zero attached hydrogens (tertiary/aromatic N) is 1. The lowest BCUT2D eigenvalue weighted by Crippen LogP contribution is -2.48. The van der Waals surface area contributed by atoms with E-state index in [1.165, 1.54) is 23.9 Å². The van der Waals surface area contributed by atoms with Gasteiger partial charge in [-0.1, -0.05) is 62.1 Å². The number of hydrogen-bond acceptors (Lipinski definition) is 3. The average molecular weight is 449 g/mol. The van der Waals surface area contributed by atoms with Gasteiger partial charge in [-0.2, -0.15) is 0 Å². The molecule has 30 heavy (non-hydrogen) atoms. The van der Waals surface area contributed by atoms with E-state index in [-0.39, 0.29) is 17.6 Å². The molecule has 0 aromatic heterocycles. The van der Waals surface area contributed by atoms with E-state index < -0.39 is 11.4 Å². The smallest absolute Gasteiger partial charge is 0.257 e. The lowest BCUT2D eigenvalue weighted by molar-refractivity contribution is -0.124. The van der Waals surface area contributed by atoms with E-state index in [0.29, 0.717) is 28.4 Å². The number of amides is 2. The van der Waals surface area contributed by atoms with Crippen molar-refractivity contribution in [2.75, 3.05) is 12.3 Å². The van der Waals surface area contributed by atoms with Crippen LogP contribution in [0.3, 0.4) is 0 Å². The van der Waals surface area contributed by atoms with Crippen LogP contribution in [0.5, 0.6) is 0 Å². The largest absolute Gasteiger partial charge is 0.354 e. The summed E-state index contributed by atoms with van der Waals surface area (Å²) < 4.78 is 13.8. The number of rotatable bonds is 8. The van der Waals surface area contributed by atoms with E-state index in [9.17, 15) is 14.0 Å². The zero-order valence-corrected chi connectivity index (χ0v) is 18.5. The minimum Gasteiger partial charge on any atom is -0.354 e. The third kappa shape index (κ3) is 5.35. The van der Waals surface area contributed by atoms with Crippen LogP contribution in [-0.2, 0) is 4.79 Å². The van der Waals surface area contributed by atoms with Crippen molar-refractivity contribution in [3.63, 3.8) is 0 Å². The van der Waals surface area contributed by atoms with Crippen molar-refractivity contribution in [3.05, 3.63) is 70.5 Å². The van der Waals surface area contributed by atoms with Crippen molar-refractivity contribution in [1.29, 1.82) is 0 Å². The summed E-state index contributed by atoms with van der Waals surface area (Å²) in [5.74, 6) is -0.440. The Morgan fingerprint density at radius 2 is 1.97 bits per heavy atom. The lowest BCUT2D eigenvalue weighted by Gasteiger charge is -2.29. The molecule has 1 saturated heterocycles. The molecule has 3 rings (SSSR count). The summed E-state index contributed by atoms with van der Waals surface area (Å²) in [7, 11) is 0. The summed E-state index contributed by atoms with van der Waals surface area (Å²) in [6.45, 7) is 2.72. The maximum Gasteiger partial charge on any atom is 0.257 e. The van der Waals surface area contributed by atoms with Gasteiger partial charge in [-0.15, -0.1) is 11.8 Å². The van der Waals surface area contributed by atoms with E-state index in [1.54, 1.807) is 41.3 Å². The Morgan fingerprint density at radius 3 is 2.70 bits per heavy atom. The first-order valence-electron chi connectivity index (χ1n) is 10.2. The summed E-state index contributed by atoms with van der Waals surface area (Å²) in [5.41, 5.74) is 0.988. The van der Waals surface area contributed by atoms with Crippen molar-refractivity contribution >= 4 is 35.2 Å². The number of carbonyl (C=O) groups is 2. The number of thioether (sulfide) groups is 1. The van der Waals surface area contributed by atoms with Gasteiger partial charge >= 0.3 is 0 Å². The SMILES string of the molecule is CCCCCCNC(=O)C1CSC(c2cccc(F)c2)N1C(=O)c1ccccc1Cl. The van der Waals surface area contributed by atoms with Gasteiger partial charge in [0.15, 0.2) is 0 Å². The van der Waals surface area contributed by atoms with Gasteiger partial charge in [-0.25, -0.2) is 4.39 Å². The maximum absolute atomic E-state index is 13.8. The third-order valence-corrected chi connectivity index (χ3v) is 6.76. The maximum atomic E-state index is 13.8. The van der Waals surface area contributed by atoms with Crippen molar-refractivity contribution < 1.29 is 14.0 Å². The molecule has 7 heteroatoms. The van der Waals surface area contributed by atoms with Crippen molar-refractivity contribution in [1.82, 2.24) is 10.2 Å². The van der Waals surface area contributed by atoms with Crippen LogP contribution in [0.25, 0.3) is 0 Å². The third-order valence-electron chi connectivity index (χ3n) is 5.11. The topological polar surface area (TPSA) is 49.4 Å². The van der Waals surface area contributed by atoms with E-state index in [1.807, 2.05) is 0 Å². The molecule has 1 aliphatic heterocycles. The fourth-order valence-corrected chi connectivity index (χ4v) is 5.16. The highest BCUT2D eigenvalue weighted by molar-refractivity contribution is 7.99. The minimum atomic E-state index is -0.641. The van der Waals surface area contributed by atoms with Crippen LogP contribution >= 0.6 is 23.4 Å². The van der Waals surface area contributed by atoms with Crippen LogP contribution in [-0.4, -0.2) is 35.1 Å². The lowest BCUT2D eigenvalue weighted by atomic mass is 10.1. The summed E-state index contributed by atoms with van der Waals surface area (Å²) in [5, 5.41) is 2.84. The Hall–Kier alpha value is -2.05. The van der Waals surface area contributed by atoms with Crippen LogP contribution in [0.4, 0.5) is 4.39 Å². The summed E-state index contributed by atoms with van der Waals surface area (Å²) >= 11 is 7.72. The predicted molar refractivity (Wildman–Crippen MR) is 120 cm³/mol. The number of benzene rings is 2. The second-order valence-corrected chi connectivity index (χ2v) is 8.82. The van der Waals surface area contributed by atoms with Gasteiger partial charge in [0.1, 0.15) is 17.2 Å². The zero-order chi connectivity index (χ0) is 21.5. The van der Waals surface area contributed by atoms with Crippen LogP contribution < -0.4 is 5.32 Å². The quantitative estimate of drug-likeness (QED) is 0.547. The molecule has 1 N–H and O–H groups in total. The molecular formula is C23H26ClFN2O2S. The van der Waals surface area contributed by atoms with Crippen LogP contribution in [0.1, 0.15) is 53.9 Å². The molecule has 0 spiro atoms. The van der Waals surface area contributed by atoms with Gasteiger partial charge in [0.25, 0.3) is 5.91 Å². The fourth-order valence-electron chi connectivity index (χ4n) is 3.53. The minimum absolute atomic E-state index is 0.182. The number of unbranched alkanes of at least 4 members (excludes halogenated alkanes) is 3. The molecule has 2 aromatic rings. The second-order valence-electron chi connectivity index (χ2n) is 7.30. The Kier molecular flexibility index (Phi) is 8.16. The fraction of sp³-hybridized carbons (Fsp3) is 0.391.